The maximum atomic E-state index is 12.4. The molecule has 2 aromatic rings. The SMILES string of the molecule is COc1cccc(NC(=O)NCC2CCN(C(=O)COc3ccccc3)CC2)c1OC. The van der Waals surface area contributed by atoms with E-state index < -0.39 is 0 Å². The summed E-state index contributed by atoms with van der Waals surface area (Å²) in [5.41, 5.74) is 0.540. The minimum absolute atomic E-state index is 0.0156. The van der Waals surface area contributed by atoms with E-state index in [1.54, 1.807) is 25.3 Å². The van der Waals surface area contributed by atoms with Crippen molar-refractivity contribution in [2.45, 2.75) is 12.8 Å². The molecule has 0 unspecified atom stereocenters. The van der Waals surface area contributed by atoms with Crippen LogP contribution < -0.4 is 24.8 Å². The number of piperidine rings is 1. The molecule has 1 aliphatic rings. The van der Waals surface area contributed by atoms with Crippen molar-refractivity contribution >= 4 is 17.6 Å². The van der Waals surface area contributed by atoms with Crippen LogP contribution in [0.1, 0.15) is 12.8 Å². The summed E-state index contributed by atoms with van der Waals surface area (Å²) in [6.07, 6.45) is 1.67. The summed E-state index contributed by atoms with van der Waals surface area (Å²) in [4.78, 5) is 26.5. The van der Waals surface area contributed by atoms with Crippen LogP contribution in [0.2, 0.25) is 0 Å². The molecule has 0 bridgehead atoms. The number of amides is 3. The molecule has 8 nitrogen and oxygen atoms in total. The summed E-state index contributed by atoms with van der Waals surface area (Å²) >= 11 is 0. The summed E-state index contributed by atoms with van der Waals surface area (Å²) in [6, 6.07) is 14.3. The molecule has 0 aromatic heterocycles. The van der Waals surface area contributed by atoms with E-state index in [1.807, 2.05) is 35.2 Å². The van der Waals surface area contributed by atoms with Gasteiger partial charge < -0.3 is 29.7 Å². The number of carbonyl (C=O) groups excluding carboxylic acids is 2. The second-order valence-electron chi connectivity index (χ2n) is 7.30. The number of rotatable bonds is 8. The van der Waals surface area contributed by atoms with Crippen LogP contribution >= 0.6 is 0 Å². The number of nitrogens with one attached hydrogen (secondary N) is 2. The molecule has 2 N–H and O–H groups in total. The molecule has 0 saturated carbocycles. The molecule has 0 aliphatic carbocycles. The maximum absolute atomic E-state index is 12.4. The summed E-state index contributed by atoms with van der Waals surface area (Å²) in [6.45, 7) is 1.90. The molecule has 3 rings (SSSR count). The van der Waals surface area contributed by atoms with Crippen LogP contribution in [0.5, 0.6) is 17.2 Å². The lowest BCUT2D eigenvalue weighted by Gasteiger charge is -2.32. The van der Waals surface area contributed by atoms with Crippen molar-refractivity contribution < 1.29 is 23.8 Å². The minimum Gasteiger partial charge on any atom is -0.493 e. The fourth-order valence-electron chi connectivity index (χ4n) is 3.53. The van der Waals surface area contributed by atoms with Gasteiger partial charge in [0.15, 0.2) is 18.1 Å². The van der Waals surface area contributed by atoms with Crippen LogP contribution in [0, 0.1) is 5.92 Å². The maximum Gasteiger partial charge on any atom is 0.319 e. The van der Waals surface area contributed by atoms with Gasteiger partial charge in [0.25, 0.3) is 5.91 Å². The number of likely N-dealkylation sites (tertiary alicyclic amines) is 1. The van der Waals surface area contributed by atoms with Gasteiger partial charge in [0.2, 0.25) is 0 Å². The van der Waals surface area contributed by atoms with Gasteiger partial charge >= 0.3 is 6.03 Å². The van der Waals surface area contributed by atoms with Gasteiger partial charge in [0.05, 0.1) is 19.9 Å². The third-order valence-electron chi connectivity index (χ3n) is 5.28. The van der Waals surface area contributed by atoms with Gasteiger partial charge in [-0.25, -0.2) is 4.79 Å². The average molecular weight is 428 g/mol. The average Bonchev–Trinajstić information content (AvgIpc) is 2.82. The summed E-state index contributed by atoms with van der Waals surface area (Å²) < 4.78 is 16.1. The largest absolute Gasteiger partial charge is 0.493 e. The number of methoxy groups -OCH3 is 2. The zero-order valence-corrected chi connectivity index (χ0v) is 17.9. The number of ether oxygens (including phenoxy) is 3. The summed E-state index contributed by atoms with van der Waals surface area (Å²) in [5.74, 6) is 2.02. The first-order valence-electron chi connectivity index (χ1n) is 10.3. The lowest BCUT2D eigenvalue weighted by atomic mass is 9.97. The van der Waals surface area contributed by atoms with Gasteiger partial charge in [0, 0.05) is 19.6 Å². The predicted molar refractivity (Wildman–Crippen MR) is 118 cm³/mol. The molecule has 0 atom stereocenters. The van der Waals surface area contributed by atoms with E-state index in [1.165, 1.54) is 7.11 Å². The van der Waals surface area contributed by atoms with Crippen LogP contribution in [0.15, 0.2) is 48.5 Å². The highest BCUT2D eigenvalue weighted by molar-refractivity contribution is 5.91. The second-order valence-corrected chi connectivity index (χ2v) is 7.30. The van der Waals surface area contributed by atoms with Gasteiger partial charge in [-0.3, -0.25) is 4.79 Å². The van der Waals surface area contributed by atoms with Crippen molar-refractivity contribution in [3.05, 3.63) is 48.5 Å². The Kier molecular flexibility index (Phi) is 7.98. The number of carbonyl (C=O) groups is 2. The first kappa shape index (κ1) is 22.3. The zero-order valence-electron chi connectivity index (χ0n) is 17.9. The highest BCUT2D eigenvalue weighted by Gasteiger charge is 2.23. The fourth-order valence-corrected chi connectivity index (χ4v) is 3.53. The smallest absolute Gasteiger partial charge is 0.319 e. The molecule has 166 valence electrons. The summed E-state index contributed by atoms with van der Waals surface area (Å²) in [7, 11) is 3.08. The van der Waals surface area contributed by atoms with Gasteiger partial charge in [-0.05, 0) is 43.0 Å². The van der Waals surface area contributed by atoms with Crippen molar-refractivity contribution in [1.29, 1.82) is 0 Å². The van der Waals surface area contributed by atoms with Crippen molar-refractivity contribution in [2.75, 3.05) is 45.8 Å². The first-order valence-corrected chi connectivity index (χ1v) is 10.3. The van der Waals surface area contributed by atoms with Crippen LogP contribution in [0.4, 0.5) is 10.5 Å². The molecular weight excluding hydrogens is 398 g/mol. The lowest BCUT2D eigenvalue weighted by Crippen LogP contribution is -2.43. The van der Waals surface area contributed by atoms with Crippen molar-refractivity contribution in [2.24, 2.45) is 5.92 Å². The van der Waals surface area contributed by atoms with Crippen molar-refractivity contribution in [3.8, 4) is 17.2 Å². The van der Waals surface area contributed by atoms with Gasteiger partial charge in [-0.15, -0.1) is 0 Å². The van der Waals surface area contributed by atoms with Crippen LogP contribution in [0.25, 0.3) is 0 Å². The Balaban J connectivity index is 1.39. The molecule has 2 aromatic carbocycles. The molecule has 8 heteroatoms. The van der Waals surface area contributed by atoms with E-state index in [2.05, 4.69) is 10.6 Å². The fraction of sp³-hybridized carbons (Fsp3) is 0.391. The number of benzene rings is 2. The molecule has 0 radical (unpaired) electrons. The highest BCUT2D eigenvalue weighted by Crippen LogP contribution is 2.34. The van der Waals surface area contributed by atoms with Crippen LogP contribution in [-0.4, -0.2) is 57.3 Å². The summed E-state index contributed by atoms with van der Waals surface area (Å²) in [5, 5.41) is 5.70. The van der Waals surface area contributed by atoms with Gasteiger partial charge in [-0.1, -0.05) is 24.3 Å². The monoisotopic (exact) mass is 427 g/mol. The van der Waals surface area contributed by atoms with Gasteiger partial charge in [0.1, 0.15) is 5.75 Å². The number of urea groups is 1. The molecular formula is C23H29N3O5. The Bertz CT molecular complexity index is 867. The zero-order chi connectivity index (χ0) is 22.1. The third kappa shape index (κ3) is 6.28. The Labute approximate surface area is 182 Å². The second kappa shape index (κ2) is 11.1. The van der Waals surface area contributed by atoms with Gasteiger partial charge in [-0.2, -0.15) is 0 Å². The number of nitrogens with zero attached hydrogens (tertiary/aromatic N) is 1. The number of hydrogen-bond donors (Lipinski definition) is 2. The lowest BCUT2D eigenvalue weighted by molar-refractivity contribution is -0.134. The highest BCUT2D eigenvalue weighted by atomic mass is 16.5. The van der Waals surface area contributed by atoms with E-state index in [4.69, 9.17) is 14.2 Å². The molecule has 1 heterocycles. The van der Waals surface area contributed by atoms with E-state index in [0.717, 1.165) is 12.8 Å². The minimum atomic E-state index is -0.304. The quantitative estimate of drug-likeness (QED) is 0.676. The molecule has 1 fully saturated rings. The number of anilines is 1. The van der Waals surface area contributed by atoms with E-state index in [0.29, 0.717) is 48.5 Å². The van der Waals surface area contributed by atoms with E-state index >= 15 is 0 Å². The number of hydrogen-bond acceptors (Lipinski definition) is 5. The van der Waals surface area contributed by atoms with Crippen molar-refractivity contribution in [3.63, 3.8) is 0 Å². The normalized spacial score (nSPS) is 13.9. The van der Waals surface area contributed by atoms with E-state index in [-0.39, 0.29) is 18.5 Å². The third-order valence-corrected chi connectivity index (χ3v) is 5.28. The van der Waals surface area contributed by atoms with Crippen LogP contribution in [0.3, 0.4) is 0 Å². The molecule has 1 saturated heterocycles. The first-order chi connectivity index (χ1) is 15.1. The molecule has 3 amide bonds. The Morgan fingerprint density at radius 2 is 1.74 bits per heavy atom. The Morgan fingerprint density at radius 3 is 2.42 bits per heavy atom. The molecule has 0 spiro atoms. The van der Waals surface area contributed by atoms with E-state index in [9.17, 15) is 9.59 Å². The van der Waals surface area contributed by atoms with Crippen LogP contribution in [-0.2, 0) is 4.79 Å². The molecule has 31 heavy (non-hydrogen) atoms. The molecule has 1 aliphatic heterocycles. The predicted octanol–water partition coefficient (Wildman–Crippen LogP) is 3.14. The Hall–Kier alpha value is -3.42. The van der Waals surface area contributed by atoms with Crippen molar-refractivity contribution in [1.82, 2.24) is 10.2 Å². The number of para-hydroxylation sites is 2. The Morgan fingerprint density at radius 1 is 1.00 bits per heavy atom. The topological polar surface area (TPSA) is 89.1 Å². The standard InChI is InChI=1S/C23H29N3O5/c1-29-20-10-6-9-19(22(20)30-2)25-23(28)24-15-17-11-13-26(14-12-17)21(27)16-31-18-7-4-3-5-8-18/h3-10,17H,11-16H2,1-2H3,(H2,24,25,28).